The van der Waals surface area contributed by atoms with Crippen molar-refractivity contribution < 1.29 is 112 Å². The number of amides is 16. The molecule has 644 valence electrons. The molecule has 46 nitrogen and oxygen atoms in total. The SMILES string of the molecule is CC(C)C[C@H](NC(=O)CNC(=O)[C@H](CO)NC(=O)[C@H](CO)NC(=O)[C@H](C)NC(=O)[C@H](CCCNC(=N)N)NC(=O)[C@H](Cc1ccccc1)NC(=O)[C@H](CO)NC(=O)CNC(=O)[C@H](CCCNC(=N)N)NC(=O)[C@H](CC(N)=O)NC(=O)[C@H](Cc1ccc(O)cc1)NC(=O)[C@H](CO)NC(=O)CNC(=O)[C@@H](N)CS)C(=O)N[C@H](C(=O)O)C(C)C. The van der Waals surface area contributed by atoms with Gasteiger partial charge in [-0.05, 0) is 74.1 Å². The minimum Gasteiger partial charge on any atom is -0.508 e. The standard InChI is InChI=1S/C69H109N23O23S/c1-33(2)21-42(63(110)92-54(34(3)4)67(114)115)82-51(99)26-80-58(105)46(28-93)91-66(113)49(31-96)90-55(102)35(5)81-59(106)41(14-10-20-77-69(74)75)86-60(107)43(22-36-11-7-6-8-12-36)87-64(111)48(30-95)84-53(101)27-79-57(104)40(13-9-19-76-68(72)73)85-62(109)45(24-50(71)98)89-61(108)44(23-37-15-17-38(97)18-16-37)88-65(112)47(29-94)83-52(100)25-78-56(103)39(70)32-116/h6-8,11-12,15-18,33-35,39-49,54,93-97,116H,9-10,13-14,19-32,70H2,1-5H3,(H2,71,98)(H,78,103)(H,79,104)(H,80,105)(H,81,106)(H,82,99)(H,83,100)(H,84,101)(H,85,109)(H,86,107)(H,87,111)(H,88,112)(H,89,108)(H,90,102)(H,91,113)(H,92,110)(H,114,115)(H4,72,73,76)(H4,74,75,77)/t35-,39-,40-,41-,42-,43-,44-,45-,46-,47-,48-,49-,54-/m0/s1. The largest absolute Gasteiger partial charge is 0.508 e. The van der Waals surface area contributed by atoms with Gasteiger partial charge in [-0.2, -0.15) is 12.6 Å². The van der Waals surface area contributed by atoms with Gasteiger partial charge in [-0.1, -0.05) is 70.2 Å². The van der Waals surface area contributed by atoms with Crippen molar-refractivity contribution in [3.63, 3.8) is 0 Å². The number of aliphatic hydroxyl groups is 4. The molecule has 0 aliphatic heterocycles. The molecule has 0 radical (unpaired) electrons. The Hall–Kier alpha value is -12.1. The van der Waals surface area contributed by atoms with Crippen LogP contribution in [0.1, 0.15) is 84.3 Å². The van der Waals surface area contributed by atoms with E-state index in [1.807, 2.05) is 0 Å². The number of aliphatic carboxylic acids is 1. The molecule has 2 aromatic carbocycles. The molecule has 0 aromatic heterocycles. The summed E-state index contributed by atoms with van der Waals surface area (Å²) in [5, 5.41) is 115. The second-order valence-electron chi connectivity index (χ2n) is 27.1. The van der Waals surface area contributed by atoms with Gasteiger partial charge in [-0.3, -0.25) is 87.5 Å². The monoisotopic (exact) mass is 1660 g/mol. The summed E-state index contributed by atoms with van der Waals surface area (Å²) in [6.45, 7) is 0.673. The Kier molecular flexibility index (Phi) is 45.1. The first-order chi connectivity index (χ1) is 54.7. The van der Waals surface area contributed by atoms with Gasteiger partial charge in [0.15, 0.2) is 11.9 Å². The molecule has 33 N–H and O–H groups in total. The first-order valence-electron chi connectivity index (χ1n) is 36.4. The number of guanidine groups is 2. The number of benzene rings is 2. The highest BCUT2D eigenvalue weighted by molar-refractivity contribution is 7.80. The average molecular weight is 1660 g/mol. The van der Waals surface area contributed by atoms with Crippen LogP contribution in [0, 0.1) is 22.7 Å². The van der Waals surface area contributed by atoms with Crippen molar-refractivity contribution in [3.8, 4) is 5.75 Å². The number of hydrogen-bond acceptors (Lipinski definition) is 26. The van der Waals surface area contributed by atoms with Crippen molar-refractivity contribution in [2.24, 2.45) is 34.8 Å². The highest BCUT2D eigenvalue weighted by Crippen LogP contribution is 2.14. The fraction of sp³-hybridized carbons (Fsp3) is 0.551. The lowest BCUT2D eigenvalue weighted by atomic mass is 10.0. The van der Waals surface area contributed by atoms with Crippen LogP contribution in [0.2, 0.25) is 0 Å². The van der Waals surface area contributed by atoms with Gasteiger partial charge in [0.2, 0.25) is 94.5 Å². The summed E-state index contributed by atoms with van der Waals surface area (Å²) < 4.78 is 0. The van der Waals surface area contributed by atoms with Gasteiger partial charge in [-0.25, -0.2) is 4.79 Å². The second-order valence-corrected chi connectivity index (χ2v) is 27.5. The molecule has 0 aliphatic carbocycles. The number of nitrogens with two attached hydrogens (primary N) is 4. The molecule has 2 rings (SSSR count). The van der Waals surface area contributed by atoms with Gasteiger partial charge in [0, 0.05) is 31.7 Å². The van der Waals surface area contributed by atoms with Crippen molar-refractivity contribution in [2.45, 2.75) is 165 Å². The topological polar surface area (TPSA) is 768 Å². The number of phenols is 1. The molecule has 0 saturated carbocycles. The molecule has 13 atom stereocenters. The molecule has 2 aromatic rings. The highest BCUT2D eigenvalue weighted by Gasteiger charge is 2.37. The van der Waals surface area contributed by atoms with Crippen molar-refractivity contribution in [1.29, 1.82) is 10.8 Å². The minimum absolute atomic E-state index is 0.00554. The van der Waals surface area contributed by atoms with E-state index >= 15 is 0 Å². The van der Waals surface area contributed by atoms with Crippen LogP contribution in [0.4, 0.5) is 0 Å². The van der Waals surface area contributed by atoms with E-state index in [9.17, 15) is 112 Å². The quantitative estimate of drug-likeness (QED) is 0.0127. The Morgan fingerprint density at radius 1 is 0.405 bits per heavy atom. The molecule has 0 bridgehead atoms. The number of rotatable bonds is 53. The molecule has 0 unspecified atom stereocenters. The Balaban J connectivity index is 2.36. The second kappa shape index (κ2) is 52.3. The smallest absolute Gasteiger partial charge is 0.326 e. The van der Waals surface area contributed by atoms with Crippen molar-refractivity contribution in [3.05, 3.63) is 65.7 Å². The van der Waals surface area contributed by atoms with E-state index in [2.05, 4.69) is 103 Å². The number of aromatic hydroxyl groups is 1. The lowest BCUT2D eigenvalue weighted by Gasteiger charge is -2.26. The first-order valence-corrected chi connectivity index (χ1v) is 37.0. The van der Waals surface area contributed by atoms with Gasteiger partial charge in [0.25, 0.3) is 0 Å². The molecule has 0 fully saturated rings. The Bertz CT molecular complexity index is 3720. The van der Waals surface area contributed by atoms with Crippen LogP contribution in [0.3, 0.4) is 0 Å². The maximum absolute atomic E-state index is 14.4. The number of carbonyl (C=O) groups excluding carboxylic acids is 16. The van der Waals surface area contributed by atoms with E-state index in [4.69, 9.17) is 33.8 Å². The summed E-state index contributed by atoms with van der Waals surface area (Å²) in [5.41, 5.74) is 22.7. The number of primary amides is 1. The summed E-state index contributed by atoms with van der Waals surface area (Å²) in [6, 6.07) is -7.98. The third-order valence-corrected chi connectivity index (χ3v) is 17.0. The summed E-state index contributed by atoms with van der Waals surface area (Å²) in [5.74, 6) is -20.6. The molecule has 0 spiro atoms. The van der Waals surface area contributed by atoms with E-state index in [-0.39, 0.29) is 74.6 Å². The zero-order valence-corrected chi connectivity index (χ0v) is 65.4. The van der Waals surface area contributed by atoms with Crippen LogP contribution >= 0.6 is 12.6 Å². The van der Waals surface area contributed by atoms with E-state index in [1.54, 1.807) is 58.0 Å². The molecular formula is C69H109N23O23S. The van der Waals surface area contributed by atoms with Crippen LogP contribution < -0.4 is 113 Å². The first kappa shape index (κ1) is 100.0. The molecule has 116 heavy (non-hydrogen) atoms. The third-order valence-electron chi connectivity index (χ3n) is 16.6. The number of carboxylic acid groups (broad SMARTS) is 1. The van der Waals surface area contributed by atoms with E-state index in [1.165, 1.54) is 24.3 Å². The van der Waals surface area contributed by atoms with Crippen LogP contribution in [0.5, 0.6) is 5.75 Å². The maximum atomic E-state index is 14.4. The molecular weight excluding hydrogens is 1550 g/mol. The van der Waals surface area contributed by atoms with Crippen molar-refractivity contribution in [2.75, 3.05) is 64.9 Å². The summed E-state index contributed by atoms with van der Waals surface area (Å²) in [6.07, 6.45) is -2.26. The Morgan fingerprint density at radius 2 is 0.750 bits per heavy atom. The van der Waals surface area contributed by atoms with Gasteiger partial charge in [0.1, 0.15) is 78.3 Å². The van der Waals surface area contributed by atoms with Crippen LogP contribution in [-0.4, -0.2) is 286 Å². The van der Waals surface area contributed by atoms with Gasteiger partial charge >= 0.3 is 5.97 Å². The predicted octanol–water partition coefficient (Wildman–Crippen LogP) is -12.2. The number of phenolic OH excluding ortho intramolecular Hbond substituents is 1. The van der Waals surface area contributed by atoms with E-state index in [0.29, 0.717) is 5.56 Å². The Morgan fingerprint density at radius 3 is 1.16 bits per heavy atom. The van der Waals surface area contributed by atoms with Crippen LogP contribution in [0.25, 0.3) is 0 Å². The summed E-state index contributed by atoms with van der Waals surface area (Å²) in [4.78, 5) is 227. The number of nitrogens with one attached hydrogen (secondary N) is 19. The molecule has 0 aliphatic rings. The highest BCUT2D eigenvalue weighted by atomic mass is 32.1. The number of carbonyl (C=O) groups is 17. The summed E-state index contributed by atoms with van der Waals surface area (Å²) >= 11 is 3.91. The lowest BCUT2D eigenvalue weighted by molar-refractivity contribution is -0.143. The number of thiol groups is 1. The van der Waals surface area contributed by atoms with Gasteiger partial charge in [-0.15, -0.1) is 0 Å². The molecule has 0 saturated heterocycles. The zero-order valence-electron chi connectivity index (χ0n) is 64.5. The summed E-state index contributed by atoms with van der Waals surface area (Å²) in [7, 11) is 0. The van der Waals surface area contributed by atoms with E-state index < -0.39 is 256 Å². The van der Waals surface area contributed by atoms with Crippen LogP contribution in [-0.2, 0) is 94.3 Å². The normalized spacial score (nSPS) is 14.3. The Labute approximate surface area is 671 Å². The predicted molar refractivity (Wildman–Crippen MR) is 414 cm³/mol. The third kappa shape index (κ3) is 38.2. The van der Waals surface area contributed by atoms with Gasteiger partial charge < -0.3 is 144 Å². The lowest BCUT2D eigenvalue weighted by Crippen LogP contribution is -2.61. The number of aliphatic hydroxyl groups excluding tert-OH is 4. The van der Waals surface area contributed by atoms with Gasteiger partial charge in [0.05, 0.1) is 58.5 Å². The molecule has 16 amide bonds. The van der Waals surface area contributed by atoms with Crippen molar-refractivity contribution >= 4 is 125 Å². The molecule has 47 heteroatoms. The van der Waals surface area contributed by atoms with E-state index in [0.717, 1.165) is 6.92 Å². The average Bonchev–Trinajstić information content (AvgIpc) is 0.867. The zero-order chi connectivity index (χ0) is 87.5. The number of carboxylic acids is 1. The maximum Gasteiger partial charge on any atom is 0.326 e. The van der Waals surface area contributed by atoms with Crippen LogP contribution in [0.15, 0.2) is 54.6 Å². The molecule has 0 heterocycles. The number of hydrogen-bond donors (Lipinski definition) is 30. The minimum atomic E-state index is -1.94. The van der Waals surface area contributed by atoms with Crippen molar-refractivity contribution in [1.82, 2.24) is 90.4 Å². The fourth-order valence-corrected chi connectivity index (χ4v) is 10.6. The fourth-order valence-electron chi connectivity index (χ4n) is 10.4.